The fraction of sp³-hybridized carbons (Fsp3) is 0.429. The van der Waals surface area contributed by atoms with E-state index in [9.17, 15) is 14.4 Å². The smallest absolute Gasteiger partial charge is 0.254 e. The molecule has 0 spiro atoms. The van der Waals surface area contributed by atoms with E-state index in [1.807, 2.05) is 18.2 Å². The summed E-state index contributed by atoms with van der Waals surface area (Å²) < 4.78 is 22.6. The topological polar surface area (TPSA) is 123 Å². The van der Waals surface area contributed by atoms with Crippen molar-refractivity contribution >= 4 is 34.6 Å². The van der Waals surface area contributed by atoms with Crippen molar-refractivity contribution in [3.05, 3.63) is 53.3 Å². The minimum Gasteiger partial charge on any atom is -0.497 e. The first-order valence-corrected chi connectivity index (χ1v) is 12.9. The zero-order chi connectivity index (χ0) is 27.4. The van der Waals surface area contributed by atoms with Gasteiger partial charge in [-0.15, -0.1) is 0 Å². The molecule has 1 aromatic carbocycles. The second-order valence-electron chi connectivity index (χ2n) is 10.3. The van der Waals surface area contributed by atoms with Gasteiger partial charge in [-0.05, 0) is 29.8 Å². The van der Waals surface area contributed by atoms with Crippen LogP contribution in [-0.2, 0) is 31.0 Å². The average Bonchev–Trinajstić information content (AvgIpc) is 3.61. The van der Waals surface area contributed by atoms with Gasteiger partial charge in [-0.3, -0.25) is 19.7 Å². The molecule has 2 saturated heterocycles. The van der Waals surface area contributed by atoms with Gasteiger partial charge in [0.25, 0.3) is 5.91 Å². The normalized spacial score (nSPS) is 22.5. The maximum Gasteiger partial charge on any atom is 0.254 e. The van der Waals surface area contributed by atoms with Crippen LogP contribution in [-0.4, -0.2) is 74.4 Å². The number of pyridine rings is 1. The predicted molar refractivity (Wildman–Crippen MR) is 139 cm³/mol. The summed E-state index contributed by atoms with van der Waals surface area (Å²) in [6, 6.07) is 10.7. The summed E-state index contributed by atoms with van der Waals surface area (Å²) >= 11 is 0. The fourth-order valence-corrected chi connectivity index (χ4v) is 5.86. The number of benzene rings is 1. The highest BCUT2D eigenvalue weighted by Crippen LogP contribution is 2.39. The molecule has 3 aliphatic rings. The highest BCUT2D eigenvalue weighted by molar-refractivity contribution is 6.10. The summed E-state index contributed by atoms with van der Waals surface area (Å²) in [5, 5.41) is 2.41. The van der Waals surface area contributed by atoms with E-state index in [4.69, 9.17) is 23.6 Å². The van der Waals surface area contributed by atoms with E-state index < -0.39 is 23.0 Å². The van der Waals surface area contributed by atoms with Gasteiger partial charge in [-0.1, -0.05) is 6.07 Å². The van der Waals surface area contributed by atoms with Gasteiger partial charge in [0.1, 0.15) is 28.3 Å². The quantitative estimate of drug-likeness (QED) is 0.359. The van der Waals surface area contributed by atoms with E-state index in [1.54, 1.807) is 44.4 Å². The van der Waals surface area contributed by atoms with Crippen molar-refractivity contribution in [1.29, 1.82) is 0 Å². The Kier molecular flexibility index (Phi) is 6.07. The summed E-state index contributed by atoms with van der Waals surface area (Å²) in [5.74, 6) is -0.0435. The Hall–Kier alpha value is -3.96. The number of methoxy groups -OCH3 is 3. The first-order valence-electron chi connectivity index (χ1n) is 12.9. The molecule has 2 fully saturated rings. The number of imide groups is 1. The van der Waals surface area contributed by atoms with E-state index in [2.05, 4.69) is 10.2 Å². The number of rotatable bonds is 7. The Morgan fingerprint density at radius 2 is 1.79 bits per heavy atom. The number of anilines is 1. The van der Waals surface area contributed by atoms with Crippen molar-refractivity contribution in [2.75, 3.05) is 45.9 Å². The van der Waals surface area contributed by atoms with Crippen molar-refractivity contribution in [1.82, 2.24) is 15.2 Å². The van der Waals surface area contributed by atoms with Gasteiger partial charge in [0, 0.05) is 64.9 Å². The van der Waals surface area contributed by atoms with Gasteiger partial charge in [-0.2, -0.15) is 0 Å². The third-order valence-electron chi connectivity index (χ3n) is 8.23. The van der Waals surface area contributed by atoms with Crippen LogP contribution in [0.3, 0.4) is 0 Å². The molecule has 2 aromatic heterocycles. The molecule has 11 nitrogen and oxygen atoms in total. The first kappa shape index (κ1) is 25.3. The summed E-state index contributed by atoms with van der Waals surface area (Å²) in [5.41, 5.74) is 1.08. The third-order valence-corrected chi connectivity index (χ3v) is 8.23. The lowest BCUT2D eigenvalue weighted by Crippen LogP contribution is -2.47. The maximum absolute atomic E-state index is 13.3. The number of aromatic nitrogens is 1. The highest BCUT2D eigenvalue weighted by Gasteiger charge is 2.53. The standard InChI is InChI=1S/C28H30N4O7/c1-36-18-5-4-17-15-32(25(34)19(17)12-18)16-27(14-24(33)30-26(27)35)22-13-20-21(39-22)6-7-23(29-20)31-10-8-28(37-2,38-3)9-11-31/h4-7,12-13H,8-11,14-16H2,1-3H3,(H,30,33,35)/t27-/m1/s1. The van der Waals surface area contributed by atoms with Crippen LogP contribution in [0.25, 0.3) is 11.1 Å². The molecule has 11 heteroatoms. The van der Waals surface area contributed by atoms with Crippen LogP contribution in [0.5, 0.6) is 5.75 Å². The molecule has 204 valence electrons. The van der Waals surface area contributed by atoms with Gasteiger partial charge in [0.15, 0.2) is 11.4 Å². The van der Waals surface area contributed by atoms with Crippen LogP contribution < -0.4 is 15.0 Å². The zero-order valence-electron chi connectivity index (χ0n) is 22.1. The first-order chi connectivity index (χ1) is 18.8. The molecule has 5 heterocycles. The van der Waals surface area contributed by atoms with E-state index in [0.717, 1.165) is 11.4 Å². The fourth-order valence-electron chi connectivity index (χ4n) is 5.86. The number of carbonyl (C=O) groups is 3. The number of amides is 3. The number of ether oxygens (including phenoxy) is 3. The number of fused-ring (bicyclic) bond motifs is 2. The number of nitrogens with zero attached hydrogens (tertiary/aromatic N) is 3. The molecule has 0 unspecified atom stereocenters. The molecular weight excluding hydrogens is 504 g/mol. The number of hydrogen-bond acceptors (Lipinski definition) is 9. The van der Waals surface area contributed by atoms with E-state index >= 15 is 0 Å². The van der Waals surface area contributed by atoms with Crippen molar-refractivity contribution in [3.8, 4) is 5.75 Å². The Morgan fingerprint density at radius 1 is 1.03 bits per heavy atom. The van der Waals surface area contributed by atoms with Crippen LogP contribution in [0.4, 0.5) is 5.82 Å². The van der Waals surface area contributed by atoms with Crippen LogP contribution in [0, 0.1) is 0 Å². The molecule has 39 heavy (non-hydrogen) atoms. The molecule has 3 aliphatic heterocycles. The molecule has 1 N–H and O–H groups in total. The highest BCUT2D eigenvalue weighted by atomic mass is 16.7. The molecule has 3 amide bonds. The Balaban J connectivity index is 1.30. The SMILES string of the molecule is COc1ccc2c(c1)C(=O)N(C[C@@]1(c3cc4nc(N5CCC(OC)(OC)CC5)ccc4o3)CC(=O)NC1=O)C2. The van der Waals surface area contributed by atoms with Crippen molar-refractivity contribution in [3.63, 3.8) is 0 Å². The predicted octanol–water partition coefficient (Wildman–Crippen LogP) is 2.37. The minimum atomic E-state index is -1.36. The lowest BCUT2D eigenvalue weighted by Gasteiger charge is -2.40. The molecule has 6 rings (SSSR count). The lowest BCUT2D eigenvalue weighted by atomic mass is 9.82. The summed E-state index contributed by atoms with van der Waals surface area (Å²) in [7, 11) is 4.85. The number of piperidine rings is 1. The largest absolute Gasteiger partial charge is 0.497 e. The van der Waals surface area contributed by atoms with Gasteiger partial charge in [-0.25, -0.2) is 4.98 Å². The Morgan fingerprint density at radius 3 is 2.46 bits per heavy atom. The van der Waals surface area contributed by atoms with E-state index in [1.165, 1.54) is 0 Å². The summed E-state index contributed by atoms with van der Waals surface area (Å²) in [6.07, 6.45) is 1.27. The molecule has 0 radical (unpaired) electrons. The maximum atomic E-state index is 13.3. The van der Waals surface area contributed by atoms with E-state index in [0.29, 0.717) is 60.6 Å². The van der Waals surface area contributed by atoms with Crippen LogP contribution >= 0.6 is 0 Å². The van der Waals surface area contributed by atoms with Crippen molar-refractivity contribution in [2.45, 2.75) is 37.0 Å². The van der Waals surface area contributed by atoms with Crippen LogP contribution in [0.2, 0.25) is 0 Å². The van der Waals surface area contributed by atoms with Crippen LogP contribution in [0.1, 0.15) is 40.9 Å². The summed E-state index contributed by atoms with van der Waals surface area (Å²) in [6.45, 7) is 1.72. The Bertz CT molecular complexity index is 1470. The molecule has 0 aliphatic carbocycles. The van der Waals surface area contributed by atoms with Gasteiger partial charge >= 0.3 is 0 Å². The summed E-state index contributed by atoms with van der Waals surface area (Å²) in [4.78, 5) is 47.5. The second kappa shape index (κ2) is 9.35. The second-order valence-corrected chi connectivity index (χ2v) is 10.3. The molecule has 0 saturated carbocycles. The number of hydrogen-bond donors (Lipinski definition) is 1. The van der Waals surface area contributed by atoms with E-state index in [-0.39, 0.29) is 18.9 Å². The lowest BCUT2D eigenvalue weighted by molar-refractivity contribution is -0.216. The third kappa shape index (κ3) is 4.12. The zero-order valence-corrected chi connectivity index (χ0v) is 22.1. The molecule has 0 bridgehead atoms. The van der Waals surface area contributed by atoms with Gasteiger partial charge in [0.05, 0.1) is 13.5 Å². The molecular formula is C28H30N4O7. The number of nitrogens with one attached hydrogen (secondary N) is 1. The van der Waals surface area contributed by atoms with Gasteiger partial charge < -0.3 is 28.4 Å². The molecule has 1 atom stereocenters. The number of carbonyl (C=O) groups excluding carboxylic acids is 3. The van der Waals surface area contributed by atoms with Gasteiger partial charge in [0.2, 0.25) is 11.8 Å². The van der Waals surface area contributed by atoms with Crippen molar-refractivity contribution < 1.29 is 33.0 Å². The number of furan rings is 1. The van der Waals surface area contributed by atoms with Crippen LogP contribution in [0.15, 0.2) is 40.8 Å². The Labute approximate surface area is 225 Å². The minimum absolute atomic E-state index is 0.00464. The monoisotopic (exact) mass is 534 g/mol. The average molecular weight is 535 g/mol. The van der Waals surface area contributed by atoms with Crippen molar-refractivity contribution in [2.24, 2.45) is 0 Å². The molecule has 3 aromatic rings.